The van der Waals surface area contributed by atoms with Gasteiger partial charge in [-0.25, -0.2) is 0 Å². The van der Waals surface area contributed by atoms with E-state index in [1.807, 2.05) is 27.7 Å². The quantitative estimate of drug-likeness (QED) is 0.243. The summed E-state index contributed by atoms with van der Waals surface area (Å²) in [6.07, 6.45) is 5.07. The highest BCUT2D eigenvalue weighted by molar-refractivity contribution is 5.92. The number of rotatable bonds is 0. The van der Waals surface area contributed by atoms with Gasteiger partial charge < -0.3 is 19.4 Å². The average Bonchev–Trinajstić information content (AvgIpc) is 3.10. The molecule has 6 heterocycles. The van der Waals surface area contributed by atoms with E-state index in [9.17, 15) is 0 Å². The van der Waals surface area contributed by atoms with Crippen molar-refractivity contribution in [1.29, 1.82) is 0 Å². The predicted octanol–water partition coefficient (Wildman–Crippen LogP) is 15.0. The molecule has 0 amide bonds. The van der Waals surface area contributed by atoms with Crippen LogP contribution in [0, 0.1) is 37.9 Å². The van der Waals surface area contributed by atoms with Crippen LogP contribution in [0.15, 0.2) is 48.8 Å². The van der Waals surface area contributed by atoms with Crippen LogP contribution in [0.25, 0.3) is 0 Å². The molecule has 7 nitrogen and oxygen atoms in total. The van der Waals surface area contributed by atoms with Crippen LogP contribution in [0.2, 0.25) is 0 Å². The monoisotopic (exact) mass is 863 g/mol. The highest BCUT2D eigenvalue weighted by Crippen LogP contribution is 2.48. The normalized spacial score (nSPS) is 23.6. The van der Waals surface area contributed by atoms with Gasteiger partial charge in [0.05, 0.1) is 31.3 Å². The molecular weight excluding hydrogens is 761 g/mol. The minimum atomic E-state index is 0.0836. The van der Waals surface area contributed by atoms with Crippen molar-refractivity contribution in [2.45, 2.75) is 231 Å². The zero-order valence-electron chi connectivity index (χ0n) is 46.2. The average molecular weight is 863 g/mol. The molecule has 0 aromatic heterocycles. The molecule has 0 spiro atoms. The summed E-state index contributed by atoms with van der Waals surface area (Å²) < 4.78 is 5.72. The molecule has 0 aromatic carbocycles. The first-order valence-corrected chi connectivity index (χ1v) is 24.9. The fourth-order valence-electron chi connectivity index (χ4n) is 10.1. The van der Waals surface area contributed by atoms with Crippen molar-refractivity contribution in [3.8, 4) is 0 Å². The Balaban J connectivity index is 0.000000307. The van der Waals surface area contributed by atoms with Gasteiger partial charge in [0.25, 0.3) is 0 Å². The highest BCUT2D eigenvalue weighted by Gasteiger charge is 2.46. The first-order valence-electron chi connectivity index (χ1n) is 24.9. The van der Waals surface area contributed by atoms with E-state index in [0.29, 0.717) is 12.1 Å². The second kappa shape index (κ2) is 20.4. The van der Waals surface area contributed by atoms with E-state index in [-0.39, 0.29) is 43.9 Å². The lowest BCUT2D eigenvalue weighted by Gasteiger charge is -2.52. The van der Waals surface area contributed by atoms with Crippen LogP contribution in [0.4, 0.5) is 0 Å². The molecule has 358 valence electrons. The van der Waals surface area contributed by atoms with Crippen molar-refractivity contribution in [1.82, 2.24) is 14.7 Å². The predicted molar refractivity (Wildman–Crippen MR) is 274 cm³/mol. The van der Waals surface area contributed by atoms with Gasteiger partial charge in [-0.15, -0.1) is 0 Å². The molecule has 0 aromatic rings. The molecule has 0 radical (unpaired) electrons. The molecule has 0 aliphatic carbocycles. The number of fused-ring (bicyclic) bond motifs is 3. The summed E-state index contributed by atoms with van der Waals surface area (Å²) in [5.74, 6) is 3.79. The fraction of sp³-hybridized carbons (Fsp3) is 0.836. The van der Waals surface area contributed by atoms with Crippen LogP contribution < -0.4 is 0 Å². The van der Waals surface area contributed by atoms with Gasteiger partial charge >= 0.3 is 0 Å². The van der Waals surface area contributed by atoms with E-state index in [4.69, 9.17) is 19.7 Å². The van der Waals surface area contributed by atoms with Crippen molar-refractivity contribution in [3.05, 3.63) is 33.8 Å². The Kier molecular flexibility index (Phi) is 18.3. The molecule has 6 rings (SSSR count). The Morgan fingerprint density at radius 2 is 0.790 bits per heavy atom. The van der Waals surface area contributed by atoms with Crippen LogP contribution >= 0.6 is 0 Å². The third-order valence-electron chi connectivity index (χ3n) is 12.2. The summed E-state index contributed by atoms with van der Waals surface area (Å²) in [6, 6.07) is 0.893. The molecule has 3 saturated heterocycles. The van der Waals surface area contributed by atoms with E-state index < -0.39 is 0 Å². The van der Waals surface area contributed by atoms with Crippen molar-refractivity contribution in [2.24, 2.45) is 52.9 Å². The molecule has 0 N–H and O–H groups in total. The third kappa shape index (κ3) is 13.1. The van der Waals surface area contributed by atoms with Gasteiger partial charge in [0.2, 0.25) is 0 Å². The lowest BCUT2D eigenvalue weighted by Crippen LogP contribution is -2.53. The number of aliphatic imine (C=N–C) groups is 3. The summed E-state index contributed by atoms with van der Waals surface area (Å²) >= 11 is 0. The number of nitrogens with zero attached hydrogens (tertiary/aromatic N) is 6. The van der Waals surface area contributed by atoms with E-state index in [1.54, 1.807) is 22.5 Å². The number of hydrogen-bond acceptors (Lipinski definition) is 7. The molecule has 3 atom stereocenters. The summed E-state index contributed by atoms with van der Waals surface area (Å²) in [5, 5.41) is 0. The van der Waals surface area contributed by atoms with Gasteiger partial charge in [-0.3, -0.25) is 15.0 Å². The van der Waals surface area contributed by atoms with Gasteiger partial charge in [0.1, 0.15) is 17.5 Å². The second-order valence-corrected chi connectivity index (χ2v) is 25.3. The minimum Gasteiger partial charge on any atom is -0.373 e. The molecule has 0 bridgehead atoms. The third-order valence-corrected chi connectivity index (χ3v) is 12.2. The van der Waals surface area contributed by atoms with E-state index in [1.165, 1.54) is 54.5 Å². The number of piperidine rings is 1. The largest absolute Gasteiger partial charge is 0.373 e. The van der Waals surface area contributed by atoms with Gasteiger partial charge in [-0.2, -0.15) is 0 Å². The summed E-state index contributed by atoms with van der Waals surface area (Å²) in [5.41, 5.74) is 10.1. The Hall–Kier alpha value is -2.41. The molecule has 6 aliphatic rings. The molecule has 3 fully saturated rings. The first kappa shape index (κ1) is 55.7. The fourth-order valence-corrected chi connectivity index (χ4v) is 10.1. The summed E-state index contributed by atoms with van der Waals surface area (Å²) in [7, 11) is 0. The van der Waals surface area contributed by atoms with Crippen molar-refractivity contribution in [3.63, 3.8) is 0 Å². The van der Waals surface area contributed by atoms with Gasteiger partial charge in [-0.1, -0.05) is 173 Å². The van der Waals surface area contributed by atoms with E-state index in [2.05, 4.69) is 174 Å². The van der Waals surface area contributed by atoms with Crippen molar-refractivity contribution < 1.29 is 4.74 Å². The number of amidine groups is 3. The SMILES string of the molecule is CC.CC.CC(C)(C)C1=NC(C(C)(C)C)C(C(C)(C)C)=C2CCN12.C[C@@H]1N=C(C(C)(C)C)N2CCCCC2=C1C(C)(C)C.C[C@@H]1N=C(C(C)(C)C)N2CCOCC2=C1C(C)(C)C. The Morgan fingerprint density at radius 1 is 0.419 bits per heavy atom. The van der Waals surface area contributed by atoms with E-state index >= 15 is 0 Å². The number of morpholine rings is 1. The van der Waals surface area contributed by atoms with Crippen LogP contribution in [-0.2, 0) is 4.74 Å². The molecule has 6 aliphatic heterocycles. The zero-order valence-corrected chi connectivity index (χ0v) is 46.2. The zero-order chi connectivity index (χ0) is 48.4. The summed E-state index contributed by atoms with van der Waals surface area (Å²) in [6.45, 7) is 65.4. The van der Waals surface area contributed by atoms with Gasteiger partial charge in [-0.05, 0) is 71.5 Å². The van der Waals surface area contributed by atoms with Gasteiger partial charge in [0, 0.05) is 59.4 Å². The standard InChI is InChI=1S/C18H32N2.C17H30N2.C16H28N2O.2C2H6/c1-16(2,3)13-12-10-11-20(12)15(18(7,8)9)19-14(13)17(4,5)6;1-12-14(16(2,3)4)13-10-8-9-11-19(13)15(18-12)17(5,6)7;1-11-13(15(2,3)4)12-10-19-9-8-18(12)14(17-11)16(5,6)7;2*1-2/h14H,10-11H2,1-9H3;12H,8-11H2,1-7H3;11H,8-10H2,1-7H3;2*1-2H3/t;12-;11-;;/m.00../s1. The minimum absolute atomic E-state index is 0.0836. The second-order valence-electron chi connectivity index (χ2n) is 25.3. The number of hydrogen-bond donors (Lipinski definition) is 0. The number of allylic oxidation sites excluding steroid dienone is 1. The summed E-state index contributed by atoms with van der Waals surface area (Å²) in [4.78, 5) is 22.7. The smallest absolute Gasteiger partial charge is 0.109 e. The van der Waals surface area contributed by atoms with Crippen molar-refractivity contribution >= 4 is 17.5 Å². The van der Waals surface area contributed by atoms with Crippen LogP contribution in [0.5, 0.6) is 0 Å². The van der Waals surface area contributed by atoms with Crippen LogP contribution in [0.1, 0.15) is 213 Å². The molecular formula is C55H102N6O. The maximum atomic E-state index is 5.72. The molecule has 7 heteroatoms. The lowest BCUT2D eigenvalue weighted by molar-refractivity contribution is 0.0895. The maximum Gasteiger partial charge on any atom is 0.109 e. The van der Waals surface area contributed by atoms with Crippen LogP contribution in [-0.4, -0.2) is 83.2 Å². The maximum absolute atomic E-state index is 5.72. The highest BCUT2D eigenvalue weighted by atomic mass is 16.5. The van der Waals surface area contributed by atoms with Crippen molar-refractivity contribution in [2.75, 3.05) is 32.8 Å². The Labute approximate surface area is 385 Å². The molecule has 1 unspecified atom stereocenters. The number of ether oxygens (including phenoxy) is 1. The molecule has 62 heavy (non-hydrogen) atoms. The Morgan fingerprint density at radius 3 is 1.16 bits per heavy atom. The topological polar surface area (TPSA) is 56.0 Å². The first-order chi connectivity index (χ1) is 28.1. The Bertz CT molecular complexity index is 1620. The molecule has 0 saturated carbocycles. The van der Waals surface area contributed by atoms with Gasteiger partial charge in [0.15, 0.2) is 0 Å². The van der Waals surface area contributed by atoms with E-state index in [0.717, 1.165) is 32.8 Å². The van der Waals surface area contributed by atoms with Crippen LogP contribution in [0.3, 0.4) is 0 Å². The lowest BCUT2D eigenvalue weighted by atomic mass is 9.69.